The first kappa shape index (κ1) is 23.4. The first-order valence-corrected chi connectivity index (χ1v) is 10.5. The molecule has 0 saturated heterocycles. The van der Waals surface area contributed by atoms with Crippen LogP contribution in [0, 0.1) is 5.41 Å². The molecule has 0 radical (unpaired) electrons. The average Bonchev–Trinajstić information content (AvgIpc) is 2.99. The van der Waals surface area contributed by atoms with Gasteiger partial charge in [-0.2, -0.15) is 0 Å². The largest absolute Gasteiger partial charge is 0.462 e. The van der Waals surface area contributed by atoms with Gasteiger partial charge in [-0.25, -0.2) is 4.79 Å². The number of fused-ring (bicyclic) bond motifs is 1. The van der Waals surface area contributed by atoms with Gasteiger partial charge < -0.3 is 10.1 Å². The van der Waals surface area contributed by atoms with Gasteiger partial charge in [0.05, 0.1) is 12.2 Å². The van der Waals surface area contributed by atoms with Crippen LogP contribution in [-0.4, -0.2) is 29.9 Å². The molecule has 0 saturated carbocycles. The molecule has 0 spiro atoms. The highest BCUT2D eigenvalue weighted by Gasteiger charge is 2.31. The van der Waals surface area contributed by atoms with Crippen molar-refractivity contribution in [2.45, 2.75) is 47.2 Å². The van der Waals surface area contributed by atoms with E-state index in [0.29, 0.717) is 17.2 Å². The summed E-state index contributed by atoms with van der Waals surface area (Å²) in [4.78, 5) is 28.6. The molecule has 1 aliphatic rings. The Labute approximate surface area is 182 Å². The number of benzene rings is 1. The molecular weight excluding hydrogens is 408 g/mol. The molecule has 3 rings (SSSR count). The minimum atomic E-state index is -0.532. The Morgan fingerprint density at radius 3 is 2.52 bits per heavy atom. The zero-order chi connectivity index (χ0) is 20.3. The second-order valence-electron chi connectivity index (χ2n) is 8.08. The zero-order valence-corrected chi connectivity index (χ0v) is 19.0. The summed E-state index contributed by atoms with van der Waals surface area (Å²) in [7, 11) is 0. The number of hydrogen-bond acceptors (Lipinski definition) is 5. The van der Waals surface area contributed by atoms with Crippen molar-refractivity contribution < 1.29 is 14.3 Å². The van der Waals surface area contributed by atoms with Gasteiger partial charge in [0.1, 0.15) is 5.00 Å². The van der Waals surface area contributed by atoms with Gasteiger partial charge in [-0.3, -0.25) is 9.69 Å². The summed E-state index contributed by atoms with van der Waals surface area (Å²) in [5, 5.41) is 3.59. The van der Waals surface area contributed by atoms with Crippen molar-refractivity contribution in [1.29, 1.82) is 0 Å². The topological polar surface area (TPSA) is 58.6 Å². The molecule has 0 aliphatic carbocycles. The molecule has 0 fully saturated rings. The molecule has 1 aromatic carbocycles. The van der Waals surface area contributed by atoms with Gasteiger partial charge in [-0.05, 0) is 24.5 Å². The maximum atomic E-state index is 12.6. The predicted octanol–water partition coefficient (Wildman–Crippen LogP) is 4.89. The third kappa shape index (κ3) is 5.59. The molecule has 0 atom stereocenters. The monoisotopic (exact) mass is 436 g/mol. The van der Waals surface area contributed by atoms with E-state index in [-0.39, 0.29) is 24.3 Å². The number of amides is 1. The number of nitrogens with zero attached hydrogens (tertiary/aromatic N) is 1. The maximum absolute atomic E-state index is 12.6. The van der Waals surface area contributed by atoms with E-state index in [1.807, 2.05) is 26.8 Å². The standard InChI is InChI=1S/C22H28N2O3S.ClH/c1-5-27-20(25)18-16-11-12-24(13-15-9-7-6-8-10-15)14-17(16)28-19(18)23-21(26)22(2,3)4;/h6-10H,5,11-14H2,1-4H3,(H,23,26);1H. The minimum absolute atomic E-state index is 0. The van der Waals surface area contributed by atoms with Crippen LogP contribution in [-0.2, 0) is 29.0 Å². The van der Waals surface area contributed by atoms with E-state index in [4.69, 9.17) is 4.74 Å². The van der Waals surface area contributed by atoms with Crippen LogP contribution < -0.4 is 5.32 Å². The summed E-state index contributed by atoms with van der Waals surface area (Å²) < 4.78 is 5.29. The van der Waals surface area contributed by atoms with E-state index in [9.17, 15) is 9.59 Å². The van der Waals surface area contributed by atoms with Crippen LogP contribution in [0.5, 0.6) is 0 Å². The molecule has 158 valence electrons. The second-order valence-corrected chi connectivity index (χ2v) is 9.18. The lowest BCUT2D eigenvalue weighted by atomic mass is 9.95. The number of carbonyl (C=O) groups is 2. The third-order valence-corrected chi connectivity index (χ3v) is 5.90. The predicted molar refractivity (Wildman–Crippen MR) is 120 cm³/mol. The fraction of sp³-hybridized carbons (Fsp3) is 0.455. The summed E-state index contributed by atoms with van der Waals surface area (Å²) in [6.45, 7) is 10.2. The molecule has 1 aliphatic heterocycles. The Hall–Kier alpha value is -1.89. The molecule has 0 unspecified atom stereocenters. The normalized spacial score (nSPS) is 13.9. The van der Waals surface area contributed by atoms with Crippen molar-refractivity contribution in [2.75, 3.05) is 18.5 Å². The van der Waals surface area contributed by atoms with Crippen molar-refractivity contribution in [3.05, 3.63) is 51.9 Å². The molecule has 2 aromatic rings. The quantitative estimate of drug-likeness (QED) is 0.678. The Kier molecular flexibility index (Phi) is 7.86. The number of anilines is 1. The summed E-state index contributed by atoms with van der Waals surface area (Å²) in [5.41, 5.74) is 2.31. The lowest BCUT2D eigenvalue weighted by Gasteiger charge is -2.27. The highest BCUT2D eigenvalue weighted by molar-refractivity contribution is 7.17. The van der Waals surface area contributed by atoms with E-state index in [1.54, 1.807) is 6.92 Å². The first-order valence-electron chi connectivity index (χ1n) is 9.69. The third-order valence-electron chi connectivity index (χ3n) is 4.77. The number of halogens is 1. The van der Waals surface area contributed by atoms with Crippen LogP contribution in [0.1, 0.15) is 54.1 Å². The SMILES string of the molecule is CCOC(=O)c1c(NC(=O)C(C)(C)C)sc2c1CCN(Cc1ccccc1)C2.Cl. The van der Waals surface area contributed by atoms with Crippen LogP contribution in [0.2, 0.25) is 0 Å². The molecule has 0 bridgehead atoms. The Morgan fingerprint density at radius 1 is 1.21 bits per heavy atom. The fourth-order valence-electron chi connectivity index (χ4n) is 3.23. The van der Waals surface area contributed by atoms with Crippen molar-refractivity contribution in [3.8, 4) is 0 Å². The van der Waals surface area contributed by atoms with Crippen molar-refractivity contribution >= 4 is 40.6 Å². The number of thiophene rings is 1. The van der Waals surface area contributed by atoms with E-state index in [0.717, 1.165) is 36.5 Å². The molecule has 29 heavy (non-hydrogen) atoms. The molecule has 2 heterocycles. The van der Waals surface area contributed by atoms with Gasteiger partial charge in [0.2, 0.25) is 5.91 Å². The number of hydrogen-bond donors (Lipinski definition) is 1. The van der Waals surface area contributed by atoms with Crippen LogP contribution >= 0.6 is 23.7 Å². The number of rotatable bonds is 5. The smallest absolute Gasteiger partial charge is 0.341 e. The van der Waals surface area contributed by atoms with Crippen LogP contribution in [0.25, 0.3) is 0 Å². The van der Waals surface area contributed by atoms with E-state index in [1.165, 1.54) is 16.9 Å². The van der Waals surface area contributed by atoms with Crippen LogP contribution in [0.3, 0.4) is 0 Å². The molecule has 1 aromatic heterocycles. The Balaban J connectivity index is 0.00000300. The summed E-state index contributed by atoms with van der Waals surface area (Å²) in [5.74, 6) is -0.446. The van der Waals surface area contributed by atoms with E-state index in [2.05, 4.69) is 34.5 Å². The van der Waals surface area contributed by atoms with Crippen molar-refractivity contribution in [2.24, 2.45) is 5.41 Å². The molecule has 5 nitrogen and oxygen atoms in total. The van der Waals surface area contributed by atoms with Crippen molar-refractivity contribution in [1.82, 2.24) is 4.90 Å². The van der Waals surface area contributed by atoms with E-state index >= 15 is 0 Å². The number of ether oxygens (including phenoxy) is 1. The molecule has 1 N–H and O–H groups in total. The molecule has 1 amide bonds. The van der Waals surface area contributed by atoms with Crippen LogP contribution in [0.15, 0.2) is 30.3 Å². The van der Waals surface area contributed by atoms with E-state index < -0.39 is 5.41 Å². The van der Waals surface area contributed by atoms with Crippen molar-refractivity contribution in [3.63, 3.8) is 0 Å². The van der Waals surface area contributed by atoms with Gasteiger partial charge in [-0.1, -0.05) is 51.1 Å². The average molecular weight is 437 g/mol. The Morgan fingerprint density at radius 2 is 1.90 bits per heavy atom. The highest BCUT2D eigenvalue weighted by atomic mass is 35.5. The zero-order valence-electron chi connectivity index (χ0n) is 17.4. The lowest BCUT2D eigenvalue weighted by Crippen LogP contribution is -2.30. The maximum Gasteiger partial charge on any atom is 0.341 e. The number of nitrogens with one attached hydrogen (secondary N) is 1. The van der Waals surface area contributed by atoms with Gasteiger partial charge >= 0.3 is 5.97 Å². The number of esters is 1. The number of carbonyl (C=O) groups excluding carboxylic acids is 2. The van der Waals surface area contributed by atoms with Gasteiger partial charge in [0, 0.05) is 29.9 Å². The summed E-state index contributed by atoms with van der Waals surface area (Å²) >= 11 is 1.50. The van der Waals surface area contributed by atoms with Gasteiger partial charge in [0.25, 0.3) is 0 Å². The van der Waals surface area contributed by atoms with Crippen LogP contribution in [0.4, 0.5) is 5.00 Å². The fourth-order valence-corrected chi connectivity index (χ4v) is 4.50. The lowest BCUT2D eigenvalue weighted by molar-refractivity contribution is -0.123. The molecule has 7 heteroatoms. The van der Waals surface area contributed by atoms with Gasteiger partial charge in [-0.15, -0.1) is 23.7 Å². The minimum Gasteiger partial charge on any atom is -0.462 e. The summed E-state index contributed by atoms with van der Waals surface area (Å²) in [6, 6.07) is 10.4. The Bertz CT molecular complexity index is 859. The second kappa shape index (κ2) is 9.74. The first-order chi connectivity index (χ1) is 13.3. The summed E-state index contributed by atoms with van der Waals surface area (Å²) in [6.07, 6.45) is 0.776. The highest BCUT2D eigenvalue weighted by Crippen LogP contribution is 2.38. The molecular formula is C22H29ClN2O3S. The van der Waals surface area contributed by atoms with Gasteiger partial charge in [0.15, 0.2) is 0 Å².